The molecule has 0 aliphatic carbocycles. The van der Waals surface area contributed by atoms with E-state index in [0.29, 0.717) is 34.0 Å². The molecule has 2 heterocycles. The number of carbonyl (C=O) groups is 1. The summed E-state index contributed by atoms with van der Waals surface area (Å²) in [5, 5.41) is 7.04. The Balaban J connectivity index is 2.29. The zero-order valence-corrected chi connectivity index (χ0v) is 9.22. The number of rotatable bonds is 2. The van der Waals surface area contributed by atoms with Gasteiger partial charge in [0, 0.05) is 35.0 Å². The Labute approximate surface area is 101 Å². The minimum absolute atomic E-state index is 0.343. The highest BCUT2D eigenvalue weighted by Crippen LogP contribution is 2.27. The van der Waals surface area contributed by atoms with Crippen LogP contribution in [0, 0.1) is 5.82 Å². The number of pyridine rings is 1. The van der Waals surface area contributed by atoms with E-state index in [0.717, 1.165) is 0 Å². The molecule has 0 saturated heterocycles. The van der Waals surface area contributed by atoms with Crippen molar-refractivity contribution in [2.75, 3.05) is 0 Å². The number of aldehydes is 1. The van der Waals surface area contributed by atoms with E-state index < -0.39 is 0 Å². The number of fused-ring (bicyclic) bond motifs is 1. The van der Waals surface area contributed by atoms with Crippen molar-refractivity contribution in [3.63, 3.8) is 0 Å². The van der Waals surface area contributed by atoms with Gasteiger partial charge in [0.25, 0.3) is 0 Å². The fourth-order valence-electron chi connectivity index (χ4n) is 1.88. The molecule has 0 aliphatic rings. The van der Waals surface area contributed by atoms with Crippen LogP contribution in [-0.4, -0.2) is 21.5 Å². The summed E-state index contributed by atoms with van der Waals surface area (Å²) in [6.07, 6.45) is 3.86. The quantitative estimate of drug-likeness (QED) is 0.701. The van der Waals surface area contributed by atoms with Crippen LogP contribution in [0.1, 0.15) is 10.5 Å². The summed E-state index contributed by atoms with van der Waals surface area (Å²) in [7, 11) is 0. The molecule has 18 heavy (non-hydrogen) atoms. The molecule has 0 amide bonds. The first-order chi connectivity index (χ1) is 8.79. The first-order valence-electron chi connectivity index (χ1n) is 5.33. The SMILES string of the molecule is O=Cc1[nH]nc2cc(F)c(-c3cccnc3)cc12. The summed E-state index contributed by atoms with van der Waals surface area (Å²) in [5.74, 6) is -0.389. The lowest BCUT2D eigenvalue weighted by molar-refractivity contribution is 0.112. The van der Waals surface area contributed by atoms with Gasteiger partial charge < -0.3 is 0 Å². The Morgan fingerprint density at radius 2 is 2.22 bits per heavy atom. The molecule has 0 aliphatic heterocycles. The highest BCUT2D eigenvalue weighted by molar-refractivity contribution is 5.97. The molecule has 88 valence electrons. The van der Waals surface area contributed by atoms with Crippen LogP contribution >= 0.6 is 0 Å². The largest absolute Gasteiger partial charge is 0.296 e. The number of H-pyrrole nitrogens is 1. The van der Waals surface area contributed by atoms with Gasteiger partial charge in [0.05, 0.1) is 5.52 Å². The maximum Gasteiger partial charge on any atom is 0.168 e. The topological polar surface area (TPSA) is 58.6 Å². The van der Waals surface area contributed by atoms with Crippen molar-refractivity contribution < 1.29 is 9.18 Å². The number of aromatic nitrogens is 3. The van der Waals surface area contributed by atoms with Crippen LogP contribution in [0.2, 0.25) is 0 Å². The molecule has 2 aromatic heterocycles. The van der Waals surface area contributed by atoms with Gasteiger partial charge >= 0.3 is 0 Å². The van der Waals surface area contributed by atoms with Gasteiger partial charge in [0.15, 0.2) is 6.29 Å². The van der Waals surface area contributed by atoms with Gasteiger partial charge in [-0.3, -0.25) is 14.9 Å². The number of nitrogens with one attached hydrogen (secondary N) is 1. The second-order valence-electron chi connectivity index (χ2n) is 3.85. The van der Waals surface area contributed by atoms with Crippen LogP contribution < -0.4 is 0 Å². The highest BCUT2D eigenvalue weighted by Gasteiger charge is 2.11. The number of hydrogen-bond acceptors (Lipinski definition) is 3. The van der Waals surface area contributed by atoms with E-state index in [1.165, 1.54) is 6.07 Å². The molecule has 0 saturated carbocycles. The van der Waals surface area contributed by atoms with Crippen LogP contribution in [0.15, 0.2) is 36.7 Å². The lowest BCUT2D eigenvalue weighted by Crippen LogP contribution is -1.86. The van der Waals surface area contributed by atoms with Crippen molar-refractivity contribution in [2.45, 2.75) is 0 Å². The Morgan fingerprint density at radius 1 is 1.33 bits per heavy atom. The zero-order chi connectivity index (χ0) is 12.5. The van der Waals surface area contributed by atoms with Crippen LogP contribution in [0.5, 0.6) is 0 Å². The first-order valence-corrected chi connectivity index (χ1v) is 5.33. The summed E-state index contributed by atoms with van der Waals surface area (Å²) in [6.45, 7) is 0. The zero-order valence-electron chi connectivity index (χ0n) is 9.22. The average Bonchev–Trinajstić information content (AvgIpc) is 2.80. The van der Waals surface area contributed by atoms with Gasteiger partial charge in [-0.1, -0.05) is 6.07 Å². The van der Waals surface area contributed by atoms with E-state index in [9.17, 15) is 9.18 Å². The van der Waals surface area contributed by atoms with Crippen molar-refractivity contribution in [3.05, 3.63) is 48.2 Å². The Kier molecular flexibility index (Phi) is 2.37. The molecule has 0 radical (unpaired) electrons. The molecule has 1 aromatic carbocycles. The third kappa shape index (κ3) is 1.57. The number of nitrogens with zero attached hydrogens (tertiary/aromatic N) is 2. The third-order valence-electron chi connectivity index (χ3n) is 2.76. The summed E-state index contributed by atoms with van der Waals surface area (Å²) in [5.41, 5.74) is 1.84. The smallest absolute Gasteiger partial charge is 0.168 e. The number of hydrogen-bond donors (Lipinski definition) is 1. The molecule has 0 bridgehead atoms. The van der Waals surface area contributed by atoms with E-state index in [1.54, 1.807) is 30.6 Å². The van der Waals surface area contributed by atoms with Crippen molar-refractivity contribution in [1.29, 1.82) is 0 Å². The van der Waals surface area contributed by atoms with Crippen LogP contribution in [0.25, 0.3) is 22.0 Å². The summed E-state index contributed by atoms with van der Waals surface area (Å²) >= 11 is 0. The summed E-state index contributed by atoms with van der Waals surface area (Å²) in [4.78, 5) is 14.8. The molecule has 1 N–H and O–H groups in total. The molecule has 4 nitrogen and oxygen atoms in total. The van der Waals surface area contributed by atoms with E-state index in [4.69, 9.17) is 0 Å². The lowest BCUT2D eigenvalue weighted by Gasteiger charge is -2.02. The molecular formula is C13H8FN3O. The Hall–Kier alpha value is -2.56. The molecule has 3 rings (SSSR count). The van der Waals surface area contributed by atoms with Crippen molar-refractivity contribution in [3.8, 4) is 11.1 Å². The maximum atomic E-state index is 13.9. The van der Waals surface area contributed by atoms with E-state index >= 15 is 0 Å². The van der Waals surface area contributed by atoms with Gasteiger partial charge in [-0.05, 0) is 12.1 Å². The molecule has 3 aromatic rings. The van der Waals surface area contributed by atoms with E-state index in [2.05, 4.69) is 15.2 Å². The molecule has 0 spiro atoms. The van der Waals surface area contributed by atoms with Gasteiger partial charge in [0.1, 0.15) is 11.5 Å². The first kappa shape index (κ1) is 10.6. The van der Waals surface area contributed by atoms with Crippen LogP contribution in [0.3, 0.4) is 0 Å². The monoisotopic (exact) mass is 241 g/mol. The van der Waals surface area contributed by atoms with Gasteiger partial charge in [-0.25, -0.2) is 4.39 Å². The molecule has 0 atom stereocenters. The Morgan fingerprint density at radius 3 is 2.94 bits per heavy atom. The molecule has 5 heteroatoms. The lowest BCUT2D eigenvalue weighted by atomic mass is 10.0. The van der Waals surface area contributed by atoms with Crippen molar-refractivity contribution in [1.82, 2.24) is 15.2 Å². The van der Waals surface area contributed by atoms with Crippen LogP contribution in [-0.2, 0) is 0 Å². The predicted octanol–water partition coefficient (Wildman–Crippen LogP) is 2.58. The predicted molar refractivity (Wildman–Crippen MR) is 64.7 cm³/mol. The molecule has 0 fully saturated rings. The van der Waals surface area contributed by atoms with Crippen molar-refractivity contribution in [2.24, 2.45) is 0 Å². The Bertz CT molecular complexity index is 722. The average molecular weight is 241 g/mol. The normalized spacial score (nSPS) is 10.7. The fourth-order valence-corrected chi connectivity index (χ4v) is 1.88. The third-order valence-corrected chi connectivity index (χ3v) is 2.76. The molecular weight excluding hydrogens is 233 g/mol. The number of halogens is 1. The fraction of sp³-hybridized carbons (Fsp3) is 0. The van der Waals surface area contributed by atoms with Crippen molar-refractivity contribution >= 4 is 17.2 Å². The summed E-state index contributed by atoms with van der Waals surface area (Å²) < 4.78 is 13.9. The van der Waals surface area contributed by atoms with Crippen LogP contribution in [0.4, 0.5) is 4.39 Å². The highest BCUT2D eigenvalue weighted by atomic mass is 19.1. The number of carbonyl (C=O) groups excluding carboxylic acids is 1. The minimum Gasteiger partial charge on any atom is -0.296 e. The van der Waals surface area contributed by atoms with Gasteiger partial charge in [-0.15, -0.1) is 0 Å². The number of benzene rings is 1. The second-order valence-corrected chi connectivity index (χ2v) is 3.85. The standard InChI is InChI=1S/C13H8FN3O/c14-11-5-12-10(13(7-18)17-16-12)4-9(11)8-2-1-3-15-6-8/h1-7H,(H,16,17). The van der Waals surface area contributed by atoms with Gasteiger partial charge in [0.2, 0.25) is 0 Å². The number of aromatic amines is 1. The summed E-state index contributed by atoms with van der Waals surface area (Å²) in [6, 6.07) is 6.41. The molecule has 0 unspecified atom stereocenters. The minimum atomic E-state index is -0.389. The second kappa shape index (κ2) is 4.03. The van der Waals surface area contributed by atoms with E-state index in [-0.39, 0.29) is 5.82 Å². The van der Waals surface area contributed by atoms with E-state index in [1.807, 2.05) is 0 Å². The maximum absolute atomic E-state index is 13.9. The van der Waals surface area contributed by atoms with Gasteiger partial charge in [-0.2, -0.15) is 5.10 Å².